The van der Waals surface area contributed by atoms with Gasteiger partial charge in [0.25, 0.3) is 0 Å². The molecule has 0 radical (unpaired) electrons. The van der Waals surface area contributed by atoms with Crippen LogP contribution in [0.15, 0.2) is 28.7 Å². The third-order valence-corrected chi connectivity index (χ3v) is 6.30. The van der Waals surface area contributed by atoms with Crippen LogP contribution in [0.3, 0.4) is 0 Å². The molecule has 2 fully saturated rings. The predicted octanol–water partition coefficient (Wildman–Crippen LogP) is 3.87. The summed E-state index contributed by atoms with van der Waals surface area (Å²) in [5.74, 6) is 0.403. The fourth-order valence-corrected chi connectivity index (χ4v) is 5.04. The van der Waals surface area contributed by atoms with Crippen LogP contribution >= 0.6 is 0 Å². The fourth-order valence-electron chi connectivity index (χ4n) is 5.04. The van der Waals surface area contributed by atoms with Gasteiger partial charge in [0.15, 0.2) is 0 Å². The average molecular weight is 384 g/mol. The third kappa shape index (κ3) is 3.48. The zero-order chi connectivity index (χ0) is 19.7. The number of nitrogens with two attached hydrogens (primary N) is 1. The van der Waals surface area contributed by atoms with Crippen molar-refractivity contribution in [2.24, 2.45) is 17.6 Å². The first-order valence-electron chi connectivity index (χ1n) is 10.3. The summed E-state index contributed by atoms with van der Waals surface area (Å²) in [6.45, 7) is 2.89. The van der Waals surface area contributed by atoms with Crippen molar-refractivity contribution in [3.05, 3.63) is 30.0 Å². The first-order valence-corrected chi connectivity index (χ1v) is 10.3. The molecule has 150 valence electrons. The second-order valence-corrected chi connectivity index (χ2v) is 7.94. The minimum Gasteiger partial charge on any atom is -0.460 e. The van der Waals surface area contributed by atoms with Gasteiger partial charge in [-0.3, -0.25) is 4.79 Å². The van der Waals surface area contributed by atoms with Crippen LogP contribution in [-0.2, 0) is 9.53 Å². The Balaban J connectivity index is 1.60. The van der Waals surface area contributed by atoms with E-state index in [9.17, 15) is 9.59 Å². The van der Waals surface area contributed by atoms with Gasteiger partial charge in [-0.05, 0) is 49.4 Å². The molecule has 1 saturated carbocycles. The molecule has 2 heterocycles. The number of anilines is 1. The molecule has 2 aromatic rings. The highest BCUT2D eigenvalue weighted by atomic mass is 16.5. The summed E-state index contributed by atoms with van der Waals surface area (Å²) in [4.78, 5) is 26.4. The smallest absolute Gasteiger partial charge is 0.374 e. The maximum atomic E-state index is 12.4. The number of furan rings is 1. The topological polar surface area (TPSA) is 85.8 Å². The zero-order valence-electron chi connectivity index (χ0n) is 16.4. The van der Waals surface area contributed by atoms with Crippen molar-refractivity contribution < 1.29 is 18.7 Å². The Morgan fingerprint density at radius 2 is 1.96 bits per heavy atom. The lowest BCUT2D eigenvalue weighted by molar-refractivity contribution is -0.120. The van der Waals surface area contributed by atoms with Gasteiger partial charge in [-0.1, -0.05) is 32.1 Å². The highest BCUT2D eigenvalue weighted by Gasteiger charge is 2.42. The van der Waals surface area contributed by atoms with E-state index in [-0.39, 0.29) is 17.7 Å². The summed E-state index contributed by atoms with van der Waals surface area (Å²) >= 11 is 0. The minimum absolute atomic E-state index is 0.196. The van der Waals surface area contributed by atoms with Gasteiger partial charge in [0.2, 0.25) is 11.7 Å². The summed E-state index contributed by atoms with van der Waals surface area (Å²) < 4.78 is 10.6. The molecule has 1 aromatic heterocycles. The van der Waals surface area contributed by atoms with Crippen LogP contribution in [0, 0.1) is 11.8 Å². The number of fused-ring (bicyclic) bond motifs is 1. The molecule has 4 rings (SSSR count). The van der Waals surface area contributed by atoms with Crippen molar-refractivity contribution in [2.75, 3.05) is 18.1 Å². The Morgan fingerprint density at radius 1 is 1.18 bits per heavy atom. The van der Waals surface area contributed by atoms with Crippen LogP contribution in [-0.4, -0.2) is 31.1 Å². The van der Waals surface area contributed by atoms with Crippen molar-refractivity contribution in [3.8, 4) is 0 Å². The van der Waals surface area contributed by atoms with E-state index >= 15 is 0 Å². The van der Waals surface area contributed by atoms with Gasteiger partial charge in [0, 0.05) is 17.6 Å². The molecule has 6 heteroatoms. The van der Waals surface area contributed by atoms with E-state index in [0.29, 0.717) is 24.0 Å². The summed E-state index contributed by atoms with van der Waals surface area (Å²) in [7, 11) is 0. The largest absolute Gasteiger partial charge is 0.460 e. The van der Waals surface area contributed by atoms with E-state index in [2.05, 4.69) is 4.90 Å². The van der Waals surface area contributed by atoms with Crippen LogP contribution in [0.4, 0.5) is 5.69 Å². The molecule has 6 nitrogen and oxygen atoms in total. The monoisotopic (exact) mass is 384 g/mol. The molecule has 0 unspecified atom stereocenters. The number of carbonyl (C=O) groups excluding carboxylic acids is 2. The van der Waals surface area contributed by atoms with E-state index in [0.717, 1.165) is 24.0 Å². The van der Waals surface area contributed by atoms with Crippen LogP contribution in [0.25, 0.3) is 11.0 Å². The van der Waals surface area contributed by atoms with Gasteiger partial charge < -0.3 is 19.8 Å². The number of rotatable bonds is 5. The quantitative estimate of drug-likeness (QED) is 0.791. The maximum absolute atomic E-state index is 12.4. The fraction of sp³-hybridized carbons (Fsp3) is 0.545. The normalized spacial score (nSPS) is 23.2. The second-order valence-electron chi connectivity index (χ2n) is 7.94. The highest BCUT2D eigenvalue weighted by Crippen LogP contribution is 2.41. The lowest BCUT2D eigenvalue weighted by atomic mass is 9.76. The summed E-state index contributed by atoms with van der Waals surface area (Å²) in [6, 6.07) is 7.20. The zero-order valence-corrected chi connectivity index (χ0v) is 16.4. The molecule has 28 heavy (non-hydrogen) atoms. The SMILES string of the molecule is CCOC(=O)c1cc2cc(N3CC[C@@H](C4CCCCC4)[C@H]3C(N)=O)ccc2o1. The molecular formula is C22H28N2O4. The Labute approximate surface area is 165 Å². The van der Waals surface area contributed by atoms with Gasteiger partial charge in [-0.2, -0.15) is 0 Å². The molecule has 1 aliphatic carbocycles. The molecule has 2 aliphatic rings. The molecule has 0 spiro atoms. The van der Waals surface area contributed by atoms with Gasteiger partial charge in [-0.25, -0.2) is 4.79 Å². The Kier molecular flexibility index (Phi) is 5.29. The molecule has 1 saturated heterocycles. The Bertz CT molecular complexity index is 869. The second kappa shape index (κ2) is 7.86. The minimum atomic E-state index is -0.464. The molecular weight excluding hydrogens is 356 g/mol. The van der Waals surface area contributed by atoms with E-state index in [1.807, 2.05) is 18.2 Å². The maximum Gasteiger partial charge on any atom is 0.374 e. The standard InChI is InChI=1S/C22H28N2O4/c1-2-27-22(26)19-13-15-12-16(8-9-18(15)28-19)24-11-10-17(20(24)21(23)25)14-6-4-3-5-7-14/h8-9,12-14,17,20H,2-7,10-11H2,1H3,(H2,23,25)/t17-,20-/m0/s1. The average Bonchev–Trinajstić information content (AvgIpc) is 3.32. The van der Waals surface area contributed by atoms with Crippen LogP contribution in [0.5, 0.6) is 0 Å². The summed E-state index contributed by atoms with van der Waals surface area (Å²) in [6.07, 6.45) is 7.20. The Hall–Kier alpha value is -2.50. The lowest BCUT2D eigenvalue weighted by Gasteiger charge is -2.33. The number of nitrogens with zero attached hydrogens (tertiary/aromatic N) is 1. The first-order chi connectivity index (χ1) is 13.6. The number of carbonyl (C=O) groups is 2. The molecule has 2 N–H and O–H groups in total. The van der Waals surface area contributed by atoms with Crippen LogP contribution in [0.2, 0.25) is 0 Å². The number of primary amides is 1. The Morgan fingerprint density at radius 3 is 2.68 bits per heavy atom. The third-order valence-electron chi connectivity index (χ3n) is 6.30. The predicted molar refractivity (Wildman–Crippen MR) is 107 cm³/mol. The van der Waals surface area contributed by atoms with E-state index < -0.39 is 5.97 Å². The van der Waals surface area contributed by atoms with Gasteiger partial charge in [-0.15, -0.1) is 0 Å². The summed E-state index contributed by atoms with van der Waals surface area (Å²) in [5.41, 5.74) is 7.43. The number of ether oxygens (including phenoxy) is 1. The van der Waals surface area contributed by atoms with E-state index in [4.69, 9.17) is 14.9 Å². The number of benzene rings is 1. The van der Waals surface area contributed by atoms with Gasteiger partial charge in [0.05, 0.1) is 6.61 Å². The molecule has 1 amide bonds. The molecule has 2 atom stereocenters. The lowest BCUT2D eigenvalue weighted by Crippen LogP contribution is -2.45. The van der Waals surface area contributed by atoms with Crippen molar-refractivity contribution in [3.63, 3.8) is 0 Å². The number of hydrogen-bond donors (Lipinski definition) is 1. The van der Waals surface area contributed by atoms with Gasteiger partial charge in [0.1, 0.15) is 11.6 Å². The molecule has 1 aliphatic heterocycles. The van der Waals surface area contributed by atoms with Crippen molar-refractivity contribution >= 4 is 28.5 Å². The number of esters is 1. The number of amides is 1. The molecule has 1 aromatic carbocycles. The highest BCUT2D eigenvalue weighted by molar-refractivity contribution is 5.94. The van der Waals surface area contributed by atoms with Crippen molar-refractivity contribution in [1.82, 2.24) is 0 Å². The van der Waals surface area contributed by atoms with Crippen molar-refractivity contribution in [1.29, 1.82) is 0 Å². The van der Waals surface area contributed by atoms with Crippen molar-refractivity contribution in [2.45, 2.75) is 51.5 Å². The van der Waals surface area contributed by atoms with Gasteiger partial charge >= 0.3 is 5.97 Å². The van der Waals surface area contributed by atoms with Crippen LogP contribution < -0.4 is 10.6 Å². The summed E-state index contributed by atoms with van der Waals surface area (Å²) in [5, 5.41) is 0.824. The number of hydrogen-bond acceptors (Lipinski definition) is 5. The first kappa shape index (κ1) is 18.8. The van der Waals surface area contributed by atoms with E-state index in [1.165, 1.54) is 32.1 Å². The molecule has 0 bridgehead atoms. The van der Waals surface area contributed by atoms with Crippen LogP contribution in [0.1, 0.15) is 56.0 Å². The van der Waals surface area contributed by atoms with E-state index in [1.54, 1.807) is 13.0 Å².